The molecule has 2 amide bonds. The summed E-state index contributed by atoms with van der Waals surface area (Å²) in [4.78, 5) is 34.9. The zero-order valence-corrected chi connectivity index (χ0v) is 17.1. The molecule has 31 heavy (non-hydrogen) atoms. The van der Waals surface area contributed by atoms with Gasteiger partial charge in [-0.2, -0.15) is 5.10 Å². The van der Waals surface area contributed by atoms with Gasteiger partial charge < -0.3 is 5.32 Å². The number of rotatable bonds is 6. The van der Waals surface area contributed by atoms with Gasteiger partial charge in [0.1, 0.15) is 5.02 Å². The molecule has 0 unspecified atom stereocenters. The van der Waals surface area contributed by atoms with Gasteiger partial charge in [-0.3, -0.25) is 19.7 Å². The van der Waals surface area contributed by atoms with Crippen molar-refractivity contribution in [2.24, 2.45) is 5.10 Å². The number of carbonyl (C=O) groups excluding carboxylic acids is 2. The summed E-state index contributed by atoms with van der Waals surface area (Å²) >= 11 is 5.76. The van der Waals surface area contributed by atoms with Crippen LogP contribution in [0.15, 0.2) is 71.8 Å². The van der Waals surface area contributed by atoms with Crippen LogP contribution >= 0.6 is 11.6 Å². The molecule has 0 atom stereocenters. The van der Waals surface area contributed by atoms with Crippen molar-refractivity contribution in [3.8, 4) is 0 Å². The van der Waals surface area contributed by atoms with Crippen molar-refractivity contribution in [1.29, 1.82) is 0 Å². The number of nitro groups is 1. The fraction of sp³-hybridized carbons (Fsp3) is 0.0455. The third kappa shape index (κ3) is 5.52. The minimum atomic E-state index is -0.600. The number of nitrogens with one attached hydrogen (secondary N) is 2. The zero-order chi connectivity index (χ0) is 22.4. The third-order valence-electron chi connectivity index (χ3n) is 4.34. The van der Waals surface area contributed by atoms with E-state index in [2.05, 4.69) is 15.8 Å². The van der Waals surface area contributed by atoms with Gasteiger partial charge in [0.2, 0.25) is 0 Å². The summed E-state index contributed by atoms with van der Waals surface area (Å²) in [6, 6.07) is 17.7. The zero-order valence-electron chi connectivity index (χ0n) is 16.3. The Bertz CT molecular complexity index is 1180. The third-order valence-corrected chi connectivity index (χ3v) is 4.66. The topological polar surface area (TPSA) is 114 Å². The molecule has 0 aliphatic carbocycles. The summed E-state index contributed by atoms with van der Waals surface area (Å²) in [5.74, 6) is -0.714. The molecule has 0 aromatic heterocycles. The van der Waals surface area contributed by atoms with Crippen LogP contribution in [0, 0.1) is 17.0 Å². The van der Waals surface area contributed by atoms with Crippen LogP contribution < -0.4 is 10.7 Å². The molecule has 3 aromatic carbocycles. The van der Waals surface area contributed by atoms with Crippen molar-refractivity contribution in [3.05, 3.63) is 104 Å². The molecule has 0 saturated carbocycles. The predicted octanol–water partition coefficient (Wildman–Crippen LogP) is 4.57. The monoisotopic (exact) mass is 436 g/mol. The Hall–Kier alpha value is -4.04. The van der Waals surface area contributed by atoms with Crippen molar-refractivity contribution in [2.45, 2.75) is 6.92 Å². The van der Waals surface area contributed by atoms with E-state index in [9.17, 15) is 19.7 Å². The van der Waals surface area contributed by atoms with Crippen molar-refractivity contribution in [1.82, 2.24) is 5.43 Å². The molecule has 0 spiro atoms. The highest BCUT2D eigenvalue weighted by Crippen LogP contribution is 2.24. The highest BCUT2D eigenvalue weighted by molar-refractivity contribution is 6.32. The Labute approximate surface area is 182 Å². The molecule has 0 fully saturated rings. The van der Waals surface area contributed by atoms with Crippen LogP contribution in [-0.4, -0.2) is 23.0 Å². The van der Waals surface area contributed by atoms with Gasteiger partial charge in [0.25, 0.3) is 17.5 Å². The minimum Gasteiger partial charge on any atom is -0.322 e. The molecule has 3 rings (SSSR count). The minimum absolute atomic E-state index is 0.0146. The van der Waals surface area contributed by atoms with Crippen LogP contribution in [0.3, 0.4) is 0 Å². The van der Waals surface area contributed by atoms with Gasteiger partial charge in [-0.05, 0) is 48.9 Å². The summed E-state index contributed by atoms with van der Waals surface area (Å²) < 4.78 is 0. The van der Waals surface area contributed by atoms with E-state index in [0.717, 1.165) is 5.56 Å². The molecule has 0 heterocycles. The first-order chi connectivity index (χ1) is 14.8. The number of benzene rings is 3. The van der Waals surface area contributed by atoms with E-state index in [4.69, 9.17) is 11.6 Å². The quantitative estimate of drug-likeness (QED) is 0.334. The van der Waals surface area contributed by atoms with Crippen molar-refractivity contribution in [3.63, 3.8) is 0 Å². The lowest BCUT2D eigenvalue weighted by Gasteiger charge is -2.08. The average molecular weight is 437 g/mol. The second-order valence-electron chi connectivity index (χ2n) is 6.51. The molecule has 2 N–H and O–H groups in total. The van der Waals surface area contributed by atoms with E-state index in [0.29, 0.717) is 22.4 Å². The summed E-state index contributed by atoms with van der Waals surface area (Å²) in [6.45, 7) is 1.85. The standard InChI is InChI=1S/C22H17ClN4O4/c1-14-4-2-3-5-18(14)22(29)25-17-9-7-16(8-10-17)21(28)26-24-13-15-6-11-19(23)20(12-15)27(30)31/h2-13H,1H3,(H,25,29)(H,26,28). The van der Waals surface area contributed by atoms with Gasteiger partial charge in [0.05, 0.1) is 11.1 Å². The van der Waals surface area contributed by atoms with Crippen molar-refractivity contribution in [2.75, 3.05) is 5.32 Å². The number of anilines is 1. The summed E-state index contributed by atoms with van der Waals surface area (Å²) in [5.41, 5.74) is 4.80. The average Bonchev–Trinajstić information content (AvgIpc) is 2.75. The Kier molecular flexibility index (Phi) is 6.74. The largest absolute Gasteiger partial charge is 0.322 e. The van der Waals surface area contributed by atoms with E-state index in [1.54, 1.807) is 36.4 Å². The second kappa shape index (κ2) is 9.64. The molecule has 0 saturated heterocycles. The first-order valence-electron chi connectivity index (χ1n) is 9.09. The Morgan fingerprint density at radius 3 is 2.42 bits per heavy atom. The Balaban J connectivity index is 1.61. The molecular formula is C22H17ClN4O4. The SMILES string of the molecule is Cc1ccccc1C(=O)Nc1ccc(C(=O)NN=Cc2ccc(Cl)c([N+](=O)[O-])c2)cc1. The highest BCUT2D eigenvalue weighted by atomic mass is 35.5. The summed E-state index contributed by atoms with van der Waals surface area (Å²) in [7, 11) is 0. The number of nitrogens with zero attached hydrogens (tertiary/aromatic N) is 2. The van der Waals surface area contributed by atoms with Crippen molar-refractivity contribution >= 4 is 41.0 Å². The smallest absolute Gasteiger partial charge is 0.288 e. The maximum absolute atomic E-state index is 12.4. The number of carbonyl (C=O) groups is 2. The molecule has 3 aromatic rings. The molecule has 156 valence electrons. The maximum atomic E-state index is 12.4. The lowest BCUT2D eigenvalue weighted by molar-refractivity contribution is -0.384. The van der Waals surface area contributed by atoms with Crippen LogP contribution in [0.5, 0.6) is 0 Å². The van der Waals surface area contributed by atoms with Crippen LogP contribution in [-0.2, 0) is 0 Å². The predicted molar refractivity (Wildman–Crippen MR) is 119 cm³/mol. The van der Waals surface area contributed by atoms with Gasteiger partial charge in [-0.1, -0.05) is 35.9 Å². The van der Waals surface area contributed by atoms with Crippen LogP contribution in [0.2, 0.25) is 5.02 Å². The van der Waals surface area contributed by atoms with E-state index >= 15 is 0 Å². The molecular weight excluding hydrogens is 420 g/mol. The second-order valence-corrected chi connectivity index (χ2v) is 6.92. The normalized spacial score (nSPS) is 10.6. The molecule has 0 radical (unpaired) electrons. The molecule has 0 bridgehead atoms. The Morgan fingerprint density at radius 1 is 1.03 bits per heavy atom. The van der Waals surface area contributed by atoms with Gasteiger partial charge >= 0.3 is 0 Å². The summed E-state index contributed by atoms with van der Waals surface area (Å²) in [5, 5.41) is 17.5. The highest BCUT2D eigenvalue weighted by Gasteiger charge is 2.12. The van der Waals surface area contributed by atoms with E-state index in [1.807, 2.05) is 19.1 Å². The molecule has 0 aliphatic heterocycles. The van der Waals surface area contributed by atoms with E-state index in [1.165, 1.54) is 24.4 Å². The lowest BCUT2D eigenvalue weighted by atomic mass is 10.1. The van der Waals surface area contributed by atoms with Gasteiger partial charge in [0, 0.05) is 28.4 Å². The number of aryl methyl sites for hydroxylation is 1. The summed E-state index contributed by atoms with van der Waals surface area (Å²) in [6.07, 6.45) is 1.28. The maximum Gasteiger partial charge on any atom is 0.288 e. The molecule has 0 aliphatic rings. The van der Waals surface area contributed by atoms with Crippen LogP contribution in [0.1, 0.15) is 31.8 Å². The van der Waals surface area contributed by atoms with Gasteiger partial charge in [0.15, 0.2) is 0 Å². The van der Waals surface area contributed by atoms with Crippen molar-refractivity contribution < 1.29 is 14.5 Å². The van der Waals surface area contributed by atoms with E-state index < -0.39 is 10.8 Å². The number of halogens is 1. The van der Waals surface area contributed by atoms with Gasteiger partial charge in [-0.25, -0.2) is 5.43 Å². The first-order valence-corrected chi connectivity index (χ1v) is 9.47. The first kappa shape index (κ1) is 21.7. The van der Waals surface area contributed by atoms with Crippen LogP contribution in [0.4, 0.5) is 11.4 Å². The molecule has 9 heteroatoms. The van der Waals surface area contributed by atoms with Gasteiger partial charge in [-0.15, -0.1) is 0 Å². The number of nitro benzene ring substituents is 1. The fourth-order valence-electron chi connectivity index (χ4n) is 2.71. The number of amides is 2. The van der Waals surface area contributed by atoms with Crippen LogP contribution in [0.25, 0.3) is 0 Å². The Morgan fingerprint density at radius 2 is 1.74 bits per heavy atom. The fourth-order valence-corrected chi connectivity index (χ4v) is 2.90. The number of hydrogen-bond acceptors (Lipinski definition) is 5. The number of hydrazone groups is 1. The number of hydrogen-bond donors (Lipinski definition) is 2. The molecule has 8 nitrogen and oxygen atoms in total. The lowest BCUT2D eigenvalue weighted by Crippen LogP contribution is -2.18. The van der Waals surface area contributed by atoms with E-state index in [-0.39, 0.29) is 16.6 Å².